The fourth-order valence-electron chi connectivity index (χ4n) is 2.57. The average Bonchev–Trinajstić information content (AvgIpc) is 2.61. The van der Waals surface area contributed by atoms with E-state index in [-0.39, 0.29) is 28.7 Å². The molecule has 6 nitrogen and oxygen atoms in total. The first-order chi connectivity index (χ1) is 12.4. The monoisotopic (exact) mass is 351 g/mol. The number of carbonyl (C=O) groups excluding carboxylic acids is 3. The zero-order valence-corrected chi connectivity index (χ0v) is 14.3. The summed E-state index contributed by atoms with van der Waals surface area (Å²) in [6, 6.07) is 12.6. The fraction of sp³-hybridized carbons (Fsp3) is 0.150. The number of ether oxygens (including phenoxy) is 2. The van der Waals surface area contributed by atoms with E-state index in [0.29, 0.717) is 11.1 Å². The molecule has 0 aromatic heterocycles. The van der Waals surface area contributed by atoms with Crippen LogP contribution >= 0.6 is 0 Å². The molecule has 1 aliphatic rings. The molecule has 0 saturated carbocycles. The van der Waals surface area contributed by atoms with Crippen LogP contribution in [0.1, 0.15) is 40.1 Å². The van der Waals surface area contributed by atoms with E-state index in [1.54, 1.807) is 50.2 Å². The lowest BCUT2D eigenvalue weighted by atomic mass is 9.95. The zero-order chi connectivity index (χ0) is 18.8. The first-order valence-corrected chi connectivity index (χ1v) is 8.05. The first kappa shape index (κ1) is 17.4. The van der Waals surface area contributed by atoms with Crippen molar-refractivity contribution in [3.63, 3.8) is 0 Å². The third-order valence-corrected chi connectivity index (χ3v) is 3.81. The second-order valence-corrected chi connectivity index (χ2v) is 6.03. The van der Waals surface area contributed by atoms with E-state index in [4.69, 9.17) is 15.2 Å². The molecule has 2 aromatic carbocycles. The van der Waals surface area contributed by atoms with Gasteiger partial charge in [0, 0.05) is 0 Å². The van der Waals surface area contributed by atoms with Gasteiger partial charge in [0.25, 0.3) is 0 Å². The van der Waals surface area contributed by atoms with E-state index < -0.39 is 17.7 Å². The highest BCUT2D eigenvalue weighted by atomic mass is 16.5. The second kappa shape index (κ2) is 6.84. The van der Waals surface area contributed by atoms with Crippen molar-refractivity contribution in [2.75, 3.05) is 0 Å². The molecule has 0 atom stereocenters. The summed E-state index contributed by atoms with van der Waals surface area (Å²) in [5.74, 6) is -1.53. The summed E-state index contributed by atoms with van der Waals surface area (Å²) >= 11 is 0. The van der Waals surface area contributed by atoms with Gasteiger partial charge in [-0.05, 0) is 43.7 Å². The molecule has 0 bridgehead atoms. The van der Waals surface area contributed by atoms with Crippen LogP contribution in [-0.4, -0.2) is 23.8 Å². The third-order valence-electron chi connectivity index (χ3n) is 3.81. The van der Waals surface area contributed by atoms with Crippen LogP contribution in [0, 0.1) is 0 Å². The Balaban J connectivity index is 1.95. The van der Waals surface area contributed by atoms with Crippen LogP contribution in [-0.2, 0) is 9.53 Å². The summed E-state index contributed by atoms with van der Waals surface area (Å²) in [7, 11) is 0. The lowest BCUT2D eigenvalue weighted by Gasteiger charge is -2.18. The molecule has 0 spiro atoms. The van der Waals surface area contributed by atoms with Crippen LogP contribution in [0.25, 0.3) is 5.70 Å². The van der Waals surface area contributed by atoms with Gasteiger partial charge < -0.3 is 15.2 Å². The first-order valence-electron chi connectivity index (χ1n) is 8.05. The summed E-state index contributed by atoms with van der Waals surface area (Å²) in [5.41, 5.74) is 6.90. The maximum atomic E-state index is 12.6. The van der Waals surface area contributed by atoms with Gasteiger partial charge in [-0.1, -0.05) is 24.3 Å². The van der Waals surface area contributed by atoms with Crippen molar-refractivity contribution in [2.45, 2.75) is 20.0 Å². The molecule has 26 heavy (non-hydrogen) atoms. The molecule has 0 radical (unpaired) electrons. The van der Waals surface area contributed by atoms with E-state index in [1.165, 1.54) is 12.1 Å². The number of carbonyl (C=O) groups is 3. The molecule has 1 heterocycles. The highest BCUT2D eigenvalue weighted by Crippen LogP contribution is 2.30. The smallest absolute Gasteiger partial charge is 0.349 e. The predicted molar refractivity (Wildman–Crippen MR) is 94.5 cm³/mol. The van der Waals surface area contributed by atoms with E-state index in [2.05, 4.69) is 0 Å². The van der Waals surface area contributed by atoms with Crippen LogP contribution in [0.2, 0.25) is 0 Å². The Bertz CT molecular complexity index is 925. The predicted octanol–water partition coefficient (Wildman–Crippen LogP) is 2.72. The number of fused-ring (bicyclic) bond motifs is 1. The maximum absolute atomic E-state index is 12.6. The molecule has 1 aliphatic heterocycles. The summed E-state index contributed by atoms with van der Waals surface area (Å²) in [5, 5.41) is 0. The van der Waals surface area contributed by atoms with Gasteiger partial charge in [0.1, 0.15) is 11.3 Å². The van der Waals surface area contributed by atoms with E-state index in [9.17, 15) is 14.4 Å². The van der Waals surface area contributed by atoms with Gasteiger partial charge in [-0.25, -0.2) is 9.59 Å². The van der Waals surface area contributed by atoms with Crippen molar-refractivity contribution >= 4 is 23.4 Å². The molecule has 6 heteroatoms. The Labute approximate surface area is 150 Å². The number of ketones is 1. The lowest BCUT2D eigenvalue weighted by Crippen LogP contribution is -2.28. The molecule has 0 aliphatic carbocycles. The fourth-order valence-corrected chi connectivity index (χ4v) is 2.57. The topological polar surface area (TPSA) is 95.7 Å². The standard InChI is InChI=1S/C20H17NO5/c1-11(2)25-19(23)13-9-7-12(8-10-13)17(21)16-18(22)14-5-3-4-6-15(14)26-20(16)24/h3-11H,21H2,1-2H3/b17-16-. The van der Waals surface area contributed by atoms with Gasteiger partial charge in [0.2, 0.25) is 5.78 Å². The molecule has 2 N–H and O–H groups in total. The van der Waals surface area contributed by atoms with E-state index in [0.717, 1.165) is 0 Å². The maximum Gasteiger partial charge on any atom is 0.349 e. The van der Waals surface area contributed by atoms with Crippen LogP contribution in [0.5, 0.6) is 5.75 Å². The number of benzene rings is 2. The molecular formula is C20H17NO5. The average molecular weight is 351 g/mol. The summed E-state index contributed by atoms with van der Waals surface area (Å²) < 4.78 is 10.3. The van der Waals surface area contributed by atoms with Gasteiger partial charge in [0.15, 0.2) is 0 Å². The molecule has 0 fully saturated rings. The summed E-state index contributed by atoms with van der Waals surface area (Å²) in [6.07, 6.45) is -0.232. The highest BCUT2D eigenvalue weighted by Gasteiger charge is 2.33. The molecule has 3 rings (SSSR count). The van der Waals surface area contributed by atoms with Crippen LogP contribution in [0.3, 0.4) is 0 Å². The summed E-state index contributed by atoms with van der Waals surface area (Å²) in [6.45, 7) is 3.51. The SMILES string of the molecule is CC(C)OC(=O)c1ccc(/C(N)=C2/C(=O)Oc3ccccc3C2=O)cc1. The van der Waals surface area contributed by atoms with Crippen molar-refractivity contribution in [2.24, 2.45) is 5.73 Å². The molecule has 2 aromatic rings. The molecular weight excluding hydrogens is 334 g/mol. The van der Waals surface area contributed by atoms with Gasteiger partial charge in [0.05, 0.1) is 22.9 Å². The number of hydrogen-bond acceptors (Lipinski definition) is 6. The Kier molecular flexibility index (Phi) is 4.58. The number of para-hydroxylation sites is 1. The minimum atomic E-state index is -0.797. The quantitative estimate of drug-likeness (QED) is 0.395. The third kappa shape index (κ3) is 3.21. The zero-order valence-electron chi connectivity index (χ0n) is 14.3. The van der Waals surface area contributed by atoms with Crippen molar-refractivity contribution < 1.29 is 23.9 Å². The van der Waals surface area contributed by atoms with Gasteiger partial charge >= 0.3 is 11.9 Å². The normalized spacial score (nSPS) is 15.3. The number of hydrogen-bond donors (Lipinski definition) is 1. The molecule has 0 saturated heterocycles. The molecule has 0 amide bonds. The summed E-state index contributed by atoms with van der Waals surface area (Å²) in [4.78, 5) is 36.7. The van der Waals surface area contributed by atoms with E-state index in [1.807, 2.05) is 0 Å². The number of nitrogens with two attached hydrogens (primary N) is 1. The van der Waals surface area contributed by atoms with E-state index >= 15 is 0 Å². The lowest BCUT2D eigenvalue weighted by molar-refractivity contribution is -0.130. The van der Waals surface area contributed by atoms with Crippen LogP contribution in [0.4, 0.5) is 0 Å². The minimum Gasteiger partial charge on any atom is -0.459 e. The Morgan fingerprint density at radius 1 is 1.00 bits per heavy atom. The van der Waals surface area contributed by atoms with Crippen molar-refractivity contribution in [3.8, 4) is 5.75 Å². The van der Waals surface area contributed by atoms with Crippen LogP contribution in [0.15, 0.2) is 54.1 Å². The number of esters is 2. The van der Waals surface area contributed by atoms with Gasteiger partial charge in [-0.3, -0.25) is 4.79 Å². The molecule has 0 unspecified atom stereocenters. The molecule has 132 valence electrons. The Hall–Kier alpha value is -3.41. The van der Waals surface area contributed by atoms with Crippen molar-refractivity contribution in [1.82, 2.24) is 0 Å². The second-order valence-electron chi connectivity index (χ2n) is 6.03. The van der Waals surface area contributed by atoms with Crippen molar-refractivity contribution in [3.05, 3.63) is 70.8 Å². The Morgan fingerprint density at radius 2 is 1.62 bits per heavy atom. The van der Waals surface area contributed by atoms with Gasteiger partial charge in [-0.15, -0.1) is 0 Å². The minimum absolute atomic E-state index is 0.00159. The number of Topliss-reactive ketones (excluding diaryl/α,β-unsaturated/α-hetero) is 1. The largest absolute Gasteiger partial charge is 0.459 e. The Morgan fingerprint density at radius 3 is 2.27 bits per heavy atom. The van der Waals surface area contributed by atoms with Crippen molar-refractivity contribution in [1.29, 1.82) is 0 Å². The highest BCUT2D eigenvalue weighted by molar-refractivity contribution is 6.31. The number of rotatable bonds is 3. The van der Waals surface area contributed by atoms with Crippen LogP contribution < -0.4 is 10.5 Å². The van der Waals surface area contributed by atoms with Gasteiger partial charge in [-0.2, -0.15) is 0 Å².